The third kappa shape index (κ3) is 1.49. The number of ketones is 1. The molecule has 0 spiro atoms. The molecule has 5 nitrogen and oxygen atoms in total. The predicted molar refractivity (Wildman–Crippen MR) is 45.5 cm³/mol. The van der Waals surface area contributed by atoms with Crippen molar-refractivity contribution in [3.05, 3.63) is 0 Å². The van der Waals surface area contributed by atoms with E-state index in [1.807, 2.05) is 0 Å². The Labute approximate surface area is 80.7 Å². The van der Waals surface area contributed by atoms with Gasteiger partial charge in [0.2, 0.25) is 5.91 Å². The SMILES string of the molecule is O=C1CC(C(=O)O)N(C(=O)C2CC2)C1. The van der Waals surface area contributed by atoms with Gasteiger partial charge in [0, 0.05) is 12.3 Å². The van der Waals surface area contributed by atoms with Crippen LogP contribution in [0.15, 0.2) is 0 Å². The van der Waals surface area contributed by atoms with Crippen LogP contribution in [0.1, 0.15) is 19.3 Å². The van der Waals surface area contributed by atoms with Gasteiger partial charge < -0.3 is 10.0 Å². The maximum Gasteiger partial charge on any atom is 0.326 e. The number of Topliss-reactive ketones (excluding diaryl/α,β-unsaturated/α-hetero) is 1. The lowest BCUT2D eigenvalue weighted by molar-refractivity contribution is -0.148. The smallest absolute Gasteiger partial charge is 0.326 e. The Hall–Kier alpha value is -1.39. The van der Waals surface area contributed by atoms with Gasteiger partial charge in [-0.2, -0.15) is 0 Å². The summed E-state index contributed by atoms with van der Waals surface area (Å²) < 4.78 is 0. The topological polar surface area (TPSA) is 74.7 Å². The first kappa shape index (κ1) is 9.18. The fourth-order valence-corrected chi connectivity index (χ4v) is 1.71. The van der Waals surface area contributed by atoms with Gasteiger partial charge in [-0.1, -0.05) is 0 Å². The summed E-state index contributed by atoms with van der Waals surface area (Å²) in [5.41, 5.74) is 0. The Morgan fingerprint density at radius 3 is 2.50 bits per heavy atom. The molecule has 1 saturated carbocycles. The van der Waals surface area contributed by atoms with Crippen molar-refractivity contribution in [2.75, 3.05) is 6.54 Å². The standard InChI is InChI=1S/C9H11NO4/c11-6-3-7(9(13)14)10(4-6)8(12)5-1-2-5/h5,7H,1-4H2,(H,13,14). The number of rotatable bonds is 2. The van der Waals surface area contributed by atoms with Crippen LogP contribution in [0.3, 0.4) is 0 Å². The number of carboxylic acid groups (broad SMARTS) is 1. The second kappa shape index (κ2) is 3.08. The summed E-state index contributed by atoms with van der Waals surface area (Å²) in [7, 11) is 0. The first-order valence-corrected chi connectivity index (χ1v) is 4.64. The summed E-state index contributed by atoms with van der Waals surface area (Å²) >= 11 is 0. The molecule has 0 aromatic rings. The Morgan fingerprint density at radius 2 is 2.00 bits per heavy atom. The maximum atomic E-state index is 11.6. The number of likely N-dealkylation sites (tertiary alicyclic amines) is 1. The van der Waals surface area contributed by atoms with E-state index in [2.05, 4.69) is 0 Å². The van der Waals surface area contributed by atoms with Crippen molar-refractivity contribution in [2.45, 2.75) is 25.3 Å². The fourth-order valence-electron chi connectivity index (χ4n) is 1.71. The molecule has 2 fully saturated rings. The lowest BCUT2D eigenvalue weighted by atomic mass is 10.2. The lowest BCUT2D eigenvalue weighted by Gasteiger charge is -2.19. The molecule has 1 unspecified atom stereocenters. The van der Waals surface area contributed by atoms with Gasteiger partial charge in [0.25, 0.3) is 0 Å². The van der Waals surface area contributed by atoms with Crippen LogP contribution in [-0.4, -0.2) is 40.3 Å². The Bertz CT molecular complexity index is 308. The summed E-state index contributed by atoms with van der Waals surface area (Å²) in [5.74, 6) is -1.43. The van der Waals surface area contributed by atoms with Gasteiger partial charge in [0.05, 0.1) is 6.54 Å². The minimum Gasteiger partial charge on any atom is -0.480 e. The van der Waals surface area contributed by atoms with Crippen molar-refractivity contribution < 1.29 is 19.5 Å². The number of carboxylic acids is 1. The van der Waals surface area contributed by atoms with E-state index in [0.717, 1.165) is 12.8 Å². The van der Waals surface area contributed by atoms with E-state index in [-0.39, 0.29) is 30.6 Å². The van der Waals surface area contributed by atoms with Crippen LogP contribution in [0.4, 0.5) is 0 Å². The van der Waals surface area contributed by atoms with Crippen LogP contribution in [0.2, 0.25) is 0 Å². The third-order valence-electron chi connectivity index (χ3n) is 2.64. The largest absolute Gasteiger partial charge is 0.480 e. The Morgan fingerprint density at radius 1 is 1.36 bits per heavy atom. The molecular weight excluding hydrogens is 186 g/mol. The van der Waals surface area contributed by atoms with Crippen molar-refractivity contribution in [2.24, 2.45) is 5.92 Å². The summed E-state index contributed by atoms with van der Waals surface area (Å²) in [6, 6.07) is -0.921. The van der Waals surface area contributed by atoms with E-state index in [1.165, 1.54) is 4.90 Å². The van der Waals surface area contributed by atoms with Gasteiger partial charge in [-0.25, -0.2) is 4.79 Å². The Balaban J connectivity index is 2.11. The quantitative estimate of drug-likeness (QED) is 0.656. The molecular formula is C9H11NO4. The molecule has 5 heteroatoms. The average Bonchev–Trinajstić information content (AvgIpc) is 2.87. The summed E-state index contributed by atoms with van der Waals surface area (Å²) in [6.07, 6.45) is 1.62. The van der Waals surface area contributed by atoms with Crippen LogP contribution in [0.5, 0.6) is 0 Å². The first-order chi connectivity index (χ1) is 6.59. The molecule has 76 valence electrons. The number of amides is 1. The van der Waals surface area contributed by atoms with Crippen molar-refractivity contribution in [3.63, 3.8) is 0 Å². The number of hydrogen-bond acceptors (Lipinski definition) is 3. The maximum absolute atomic E-state index is 11.6. The van der Waals surface area contributed by atoms with Crippen molar-refractivity contribution in [1.29, 1.82) is 0 Å². The van der Waals surface area contributed by atoms with Crippen molar-refractivity contribution in [3.8, 4) is 0 Å². The van der Waals surface area contributed by atoms with Crippen LogP contribution in [0.25, 0.3) is 0 Å². The highest BCUT2D eigenvalue weighted by Gasteiger charge is 2.43. The average molecular weight is 197 g/mol. The second-order valence-corrected chi connectivity index (χ2v) is 3.84. The highest BCUT2D eigenvalue weighted by Crippen LogP contribution is 2.33. The molecule has 2 aliphatic rings. The molecule has 1 saturated heterocycles. The molecule has 1 N–H and O–H groups in total. The summed E-state index contributed by atoms with van der Waals surface area (Å²) in [5, 5.41) is 8.81. The molecule has 0 aromatic heterocycles. The van der Waals surface area contributed by atoms with E-state index < -0.39 is 12.0 Å². The number of hydrogen-bond donors (Lipinski definition) is 1. The zero-order chi connectivity index (χ0) is 10.3. The molecule has 1 aliphatic heterocycles. The molecule has 1 aliphatic carbocycles. The van der Waals surface area contributed by atoms with Crippen LogP contribution in [0, 0.1) is 5.92 Å². The van der Waals surface area contributed by atoms with Gasteiger partial charge in [-0.15, -0.1) is 0 Å². The van der Waals surface area contributed by atoms with E-state index >= 15 is 0 Å². The summed E-state index contributed by atoms with van der Waals surface area (Å²) in [4.78, 5) is 34.6. The Kier molecular flexibility index (Phi) is 2.02. The zero-order valence-electron chi connectivity index (χ0n) is 7.60. The third-order valence-corrected chi connectivity index (χ3v) is 2.64. The van der Waals surface area contributed by atoms with E-state index in [0.29, 0.717) is 0 Å². The van der Waals surface area contributed by atoms with Gasteiger partial charge in [0.15, 0.2) is 5.78 Å². The predicted octanol–water partition coefficient (Wildman–Crippen LogP) is -0.349. The van der Waals surface area contributed by atoms with Gasteiger partial charge in [-0.3, -0.25) is 9.59 Å². The monoisotopic (exact) mass is 197 g/mol. The molecule has 0 bridgehead atoms. The first-order valence-electron chi connectivity index (χ1n) is 4.64. The molecule has 1 heterocycles. The van der Waals surface area contributed by atoms with Crippen LogP contribution in [-0.2, 0) is 14.4 Å². The van der Waals surface area contributed by atoms with Crippen LogP contribution < -0.4 is 0 Å². The summed E-state index contributed by atoms with van der Waals surface area (Å²) in [6.45, 7) is -0.0215. The molecule has 1 atom stereocenters. The number of nitrogens with zero attached hydrogens (tertiary/aromatic N) is 1. The fraction of sp³-hybridized carbons (Fsp3) is 0.667. The number of aliphatic carboxylic acids is 1. The minimum atomic E-state index is -1.08. The molecule has 1 amide bonds. The molecule has 0 aromatic carbocycles. The van der Waals surface area contributed by atoms with E-state index in [4.69, 9.17) is 5.11 Å². The van der Waals surface area contributed by atoms with Gasteiger partial charge in [-0.05, 0) is 12.8 Å². The molecule has 14 heavy (non-hydrogen) atoms. The molecule has 0 radical (unpaired) electrons. The van der Waals surface area contributed by atoms with Crippen molar-refractivity contribution in [1.82, 2.24) is 4.90 Å². The normalized spacial score (nSPS) is 26.7. The van der Waals surface area contributed by atoms with Crippen molar-refractivity contribution >= 4 is 17.7 Å². The second-order valence-electron chi connectivity index (χ2n) is 3.84. The number of carbonyl (C=O) groups excluding carboxylic acids is 2. The lowest BCUT2D eigenvalue weighted by Crippen LogP contribution is -2.41. The molecule has 2 rings (SSSR count). The highest BCUT2D eigenvalue weighted by molar-refractivity contribution is 5.97. The van der Waals surface area contributed by atoms with Gasteiger partial charge >= 0.3 is 5.97 Å². The zero-order valence-corrected chi connectivity index (χ0v) is 7.60. The minimum absolute atomic E-state index is 0.0215. The van der Waals surface area contributed by atoms with Gasteiger partial charge in [0.1, 0.15) is 6.04 Å². The highest BCUT2D eigenvalue weighted by atomic mass is 16.4. The van der Waals surface area contributed by atoms with Crippen LogP contribution >= 0.6 is 0 Å². The van der Waals surface area contributed by atoms with E-state index in [9.17, 15) is 14.4 Å². The van der Waals surface area contributed by atoms with E-state index in [1.54, 1.807) is 0 Å². The number of carbonyl (C=O) groups is 3.